The lowest BCUT2D eigenvalue weighted by atomic mass is 9.62. The number of methoxy groups -OCH3 is 1. The zero-order chi connectivity index (χ0) is 20.0. The highest BCUT2D eigenvalue weighted by molar-refractivity contribution is 5.81. The molecular formula is C24H34O3. The molecule has 3 heteroatoms. The number of ether oxygens (including phenoxy) is 1. The molecule has 3 nitrogen and oxygen atoms in total. The van der Waals surface area contributed by atoms with Gasteiger partial charge < -0.3 is 9.84 Å². The van der Waals surface area contributed by atoms with Gasteiger partial charge in [0.25, 0.3) is 0 Å². The molecule has 1 aromatic rings. The zero-order valence-corrected chi connectivity index (χ0v) is 17.7. The normalized spacial score (nSPS) is 29.4. The summed E-state index contributed by atoms with van der Waals surface area (Å²) in [6, 6.07) is 7.08. The molecule has 1 aromatic carbocycles. The van der Waals surface area contributed by atoms with Gasteiger partial charge in [0.1, 0.15) is 0 Å². The average Bonchev–Trinajstić information content (AvgIpc) is 3.04. The third-order valence-corrected chi connectivity index (χ3v) is 7.27. The molecule has 0 aliphatic heterocycles. The lowest BCUT2D eigenvalue weighted by molar-refractivity contribution is -0.131. The first-order chi connectivity index (χ1) is 12.5. The minimum Gasteiger partial charge on any atom is -0.478 e. The molecule has 2 aliphatic rings. The molecule has 1 fully saturated rings. The van der Waals surface area contributed by atoms with Gasteiger partial charge in [-0.2, -0.15) is 0 Å². The number of rotatable bonds is 4. The van der Waals surface area contributed by atoms with Crippen molar-refractivity contribution in [3.8, 4) is 0 Å². The molecule has 0 aromatic heterocycles. The quantitative estimate of drug-likeness (QED) is 0.690. The van der Waals surface area contributed by atoms with Crippen molar-refractivity contribution < 1.29 is 14.6 Å². The van der Waals surface area contributed by atoms with Crippen molar-refractivity contribution in [3.63, 3.8) is 0 Å². The van der Waals surface area contributed by atoms with E-state index < -0.39 is 11.6 Å². The van der Waals surface area contributed by atoms with E-state index >= 15 is 0 Å². The summed E-state index contributed by atoms with van der Waals surface area (Å²) in [7, 11) is 1.71. The van der Waals surface area contributed by atoms with Gasteiger partial charge in [-0.1, -0.05) is 45.9 Å². The molecule has 3 rings (SSSR count). The van der Waals surface area contributed by atoms with E-state index in [2.05, 4.69) is 45.9 Å². The van der Waals surface area contributed by atoms with Crippen LogP contribution in [0.1, 0.15) is 89.3 Å². The SMILES string of the molecule is COC1(/C(C)=C\C(=O)O)CCC(c2ccc3c(c2)C(C)(C)CCC3(C)C)C1. The maximum Gasteiger partial charge on any atom is 0.328 e. The average molecular weight is 371 g/mol. The Bertz CT molecular complexity index is 772. The number of hydrogen-bond acceptors (Lipinski definition) is 2. The number of carboxylic acids is 1. The van der Waals surface area contributed by atoms with Gasteiger partial charge in [0.15, 0.2) is 0 Å². The highest BCUT2D eigenvalue weighted by Gasteiger charge is 2.43. The van der Waals surface area contributed by atoms with E-state index in [9.17, 15) is 4.79 Å². The summed E-state index contributed by atoms with van der Waals surface area (Å²) in [5, 5.41) is 9.14. The molecule has 0 amide bonds. The summed E-state index contributed by atoms with van der Waals surface area (Å²) in [4.78, 5) is 11.1. The molecule has 0 spiro atoms. The van der Waals surface area contributed by atoms with Gasteiger partial charge in [-0.05, 0) is 78.0 Å². The fraction of sp³-hybridized carbons (Fsp3) is 0.625. The van der Waals surface area contributed by atoms with Crippen molar-refractivity contribution in [1.82, 2.24) is 0 Å². The van der Waals surface area contributed by atoms with Crippen molar-refractivity contribution in [1.29, 1.82) is 0 Å². The van der Waals surface area contributed by atoms with Crippen LogP contribution in [0.3, 0.4) is 0 Å². The summed E-state index contributed by atoms with van der Waals surface area (Å²) in [5.74, 6) is -0.488. The Kier molecular flexibility index (Phi) is 5.05. The van der Waals surface area contributed by atoms with Crippen LogP contribution in [-0.4, -0.2) is 23.8 Å². The first-order valence-electron chi connectivity index (χ1n) is 10.1. The van der Waals surface area contributed by atoms with Gasteiger partial charge in [0.05, 0.1) is 5.60 Å². The van der Waals surface area contributed by atoms with Crippen LogP contribution in [-0.2, 0) is 20.4 Å². The summed E-state index contributed by atoms with van der Waals surface area (Å²) in [6.45, 7) is 11.3. The maximum absolute atomic E-state index is 11.1. The first-order valence-corrected chi connectivity index (χ1v) is 10.1. The standard InChI is InChI=1S/C24H34O3/c1-16(13-21(25)26)24(27-6)10-9-18(15-24)17-7-8-19-20(14-17)23(4,5)12-11-22(19,2)3/h7-8,13-14,18H,9-12,15H2,1-6H3,(H,25,26)/b16-13-. The molecule has 2 aliphatic carbocycles. The van der Waals surface area contributed by atoms with E-state index in [1.807, 2.05) is 6.92 Å². The minimum atomic E-state index is -0.898. The first kappa shape index (κ1) is 20.1. The van der Waals surface area contributed by atoms with Gasteiger partial charge in [-0.3, -0.25) is 0 Å². The van der Waals surface area contributed by atoms with Crippen LogP contribution in [0, 0.1) is 0 Å². The van der Waals surface area contributed by atoms with Gasteiger partial charge in [0.2, 0.25) is 0 Å². The van der Waals surface area contributed by atoms with Crippen LogP contribution < -0.4 is 0 Å². The minimum absolute atomic E-state index is 0.205. The molecule has 1 saturated carbocycles. The second kappa shape index (κ2) is 6.77. The van der Waals surface area contributed by atoms with Crippen LogP contribution in [0.4, 0.5) is 0 Å². The molecule has 148 valence electrons. The Hall–Kier alpha value is -1.61. The Balaban J connectivity index is 1.94. The Labute approximate surface area is 163 Å². The number of aliphatic carboxylic acids is 1. The molecule has 1 N–H and O–H groups in total. The second-order valence-electron chi connectivity index (χ2n) is 9.88. The van der Waals surface area contributed by atoms with Gasteiger partial charge >= 0.3 is 5.97 Å². The summed E-state index contributed by atoms with van der Waals surface area (Å²) >= 11 is 0. The summed E-state index contributed by atoms with van der Waals surface area (Å²) < 4.78 is 5.87. The summed E-state index contributed by atoms with van der Waals surface area (Å²) in [6.07, 6.45) is 6.49. The van der Waals surface area contributed by atoms with E-state index in [0.717, 1.165) is 24.8 Å². The van der Waals surface area contributed by atoms with Crippen LogP contribution >= 0.6 is 0 Å². The molecule has 0 bridgehead atoms. The molecular weight excluding hydrogens is 336 g/mol. The maximum atomic E-state index is 11.1. The highest BCUT2D eigenvalue weighted by atomic mass is 16.5. The lowest BCUT2D eigenvalue weighted by Gasteiger charge is -2.42. The molecule has 27 heavy (non-hydrogen) atoms. The predicted molar refractivity (Wildman–Crippen MR) is 109 cm³/mol. The zero-order valence-electron chi connectivity index (χ0n) is 17.7. The number of hydrogen-bond donors (Lipinski definition) is 1. The Morgan fingerprint density at radius 1 is 1.11 bits per heavy atom. The molecule has 0 saturated heterocycles. The van der Waals surface area contributed by atoms with E-state index in [4.69, 9.17) is 9.84 Å². The largest absolute Gasteiger partial charge is 0.478 e. The fourth-order valence-corrected chi connectivity index (χ4v) is 5.18. The Morgan fingerprint density at radius 2 is 1.74 bits per heavy atom. The Morgan fingerprint density at radius 3 is 2.33 bits per heavy atom. The number of benzene rings is 1. The third kappa shape index (κ3) is 3.59. The van der Waals surface area contributed by atoms with E-state index in [1.165, 1.54) is 35.6 Å². The van der Waals surface area contributed by atoms with E-state index in [0.29, 0.717) is 5.92 Å². The van der Waals surface area contributed by atoms with Crippen LogP contribution in [0.15, 0.2) is 29.8 Å². The monoisotopic (exact) mass is 370 g/mol. The van der Waals surface area contributed by atoms with Crippen molar-refractivity contribution in [2.45, 2.75) is 89.1 Å². The van der Waals surface area contributed by atoms with Crippen LogP contribution in [0.25, 0.3) is 0 Å². The third-order valence-electron chi connectivity index (χ3n) is 7.27. The number of fused-ring (bicyclic) bond motifs is 1. The van der Waals surface area contributed by atoms with Gasteiger partial charge in [-0.25, -0.2) is 4.79 Å². The van der Waals surface area contributed by atoms with Crippen molar-refractivity contribution in [2.24, 2.45) is 0 Å². The number of carbonyl (C=O) groups is 1. The molecule has 2 atom stereocenters. The van der Waals surface area contributed by atoms with Crippen molar-refractivity contribution in [2.75, 3.05) is 7.11 Å². The second-order valence-corrected chi connectivity index (χ2v) is 9.88. The topological polar surface area (TPSA) is 46.5 Å². The lowest BCUT2D eigenvalue weighted by Crippen LogP contribution is -2.34. The molecule has 0 radical (unpaired) electrons. The van der Waals surface area contributed by atoms with Crippen LogP contribution in [0.5, 0.6) is 0 Å². The highest BCUT2D eigenvalue weighted by Crippen LogP contribution is 2.50. The molecule has 2 unspecified atom stereocenters. The smallest absolute Gasteiger partial charge is 0.328 e. The number of carboxylic acid groups (broad SMARTS) is 1. The van der Waals surface area contributed by atoms with E-state index in [1.54, 1.807) is 7.11 Å². The fourth-order valence-electron chi connectivity index (χ4n) is 5.18. The van der Waals surface area contributed by atoms with E-state index in [-0.39, 0.29) is 10.8 Å². The molecule has 0 heterocycles. The van der Waals surface area contributed by atoms with Gasteiger partial charge in [-0.15, -0.1) is 0 Å². The van der Waals surface area contributed by atoms with Gasteiger partial charge in [0, 0.05) is 13.2 Å². The van der Waals surface area contributed by atoms with Crippen LogP contribution in [0.2, 0.25) is 0 Å². The predicted octanol–water partition coefficient (Wildman–Crippen LogP) is 5.72. The summed E-state index contributed by atoms with van der Waals surface area (Å²) in [5.41, 5.74) is 5.16. The van der Waals surface area contributed by atoms with Crippen molar-refractivity contribution in [3.05, 3.63) is 46.5 Å². The van der Waals surface area contributed by atoms with Crippen molar-refractivity contribution >= 4 is 5.97 Å².